The number of rotatable bonds is 2. The SMILES string of the molecule is CC(=O)O/C(C)=C/c1ccccc1. The van der Waals surface area contributed by atoms with E-state index in [4.69, 9.17) is 4.74 Å². The van der Waals surface area contributed by atoms with Gasteiger partial charge in [0.05, 0.1) is 0 Å². The minimum absolute atomic E-state index is 0.287. The van der Waals surface area contributed by atoms with Crippen molar-refractivity contribution in [3.05, 3.63) is 41.7 Å². The van der Waals surface area contributed by atoms with Gasteiger partial charge in [0.25, 0.3) is 0 Å². The topological polar surface area (TPSA) is 26.3 Å². The number of esters is 1. The van der Waals surface area contributed by atoms with Gasteiger partial charge in [-0.15, -0.1) is 0 Å². The van der Waals surface area contributed by atoms with Gasteiger partial charge in [-0.2, -0.15) is 0 Å². The number of allylic oxidation sites excluding steroid dienone is 1. The molecule has 0 heterocycles. The lowest BCUT2D eigenvalue weighted by Gasteiger charge is -1.99. The fraction of sp³-hybridized carbons (Fsp3) is 0.182. The summed E-state index contributed by atoms with van der Waals surface area (Å²) in [7, 11) is 0. The third-order valence-electron chi connectivity index (χ3n) is 1.47. The zero-order valence-electron chi connectivity index (χ0n) is 7.78. The van der Waals surface area contributed by atoms with Crippen LogP contribution in [0.25, 0.3) is 6.08 Å². The van der Waals surface area contributed by atoms with E-state index in [9.17, 15) is 4.79 Å². The lowest BCUT2D eigenvalue weighted by Crippen LogP contribution is -1.95. The van der Waals surface area contributed by atoms with Gasteiger partial charge in [0.2, 0.25) is 0 Å². The normalized spacial score (nSPS) is 11.1. The Morgan fingerprint density at radius 1 is 1.23 bits per heavy atom. The highest BCUT2D eigenvalue weighted by Crippen LogP contribution is 2.06. The molecule has 0 aliphatic carbocycles. The van der Waals surface area contributed by atoms with Gasteiger partial charge < -0.3 is 4.74 Å². The van der Waals surface area contributed by atoms with Crippen molar-refractivity contribution in [2.24, 2.45) is 0 Å². The molecule has 0 unspecified atom stereocenters. The Morgan fingerprint density at radius 2 is 1.85 bits per heavy atom. The number of ether oxygens (including phenoxy) is 1. The van der Waals surface area contributed by atoms with E-state index in [0.717, 1.165) is 5.56 Å². The van der Waals surface area contributed by atoms with E-state index < -0.39 is 0 Å². The zero-order chi connectivity index (χ0) is 9.68. The molecule has 2 heteroatoms. The van der Waals surface area contributed by atoms with Crippen LogP contribution in [0.2, 0.25) is 0 Å². The Bertz CT molecular complexity index is 312. The van der Waals surface area contributed by atoms with Gasteiger partial charge in [-0.3, -0.25) is 4.79 Å². The summed E-state index contributed by atoms with van der Waals surface area (Å²) < 4.78 is 4.88. The van der Waals surface area contributed by atoms with E-state index in [0.29, 0.717) is 5.76 Å². The van der Waals surface area contributed by atoms with E-state index in [1.807, 2.05) is 36.4 Å². The molecule has 0 bridgehead atoms. The molecule has 0 saturated carbocycles. The Hall–Kier alpha value is -1.57. The zero-order valence-corrected chi connectivity index (χ0v) is 7.78. The highest BCUT2D eigenvalue weighted by Gasteiger charge is 1.94. The third kappa shape index (κ3) is 3.56. The molecule has 1 aromatic rings. The second kappa shape index (κ2) is 4.45. The van der Waals surface area contributed by atoms with Crippen LogP contribution in [-0.2, 0) is 9.53 Å². The first-order valence-corrected chi connectivity index (χ1v) is 4.10. The van der Waals surface area contributed by atoms with Gasteiger partial charge in [0.15, 0.2) is 0 Å². The van der Waals surface area contributed by atoms with Crippen LogP contribution in [-0.4, -0.2) is 5.97 Å². The Labute approximate surface area is 77.8 Å². The minimum atomic E-state index is -0.287. The van der Waals surface area contributed by atoms with E-state index in [2.05, 4.69) is 0 Å². The highest BCUT2D eigenvalue weighted by molar-refractivity contribution is 5.68. The van der Waals surface area contributed by atoms with Gasteiger partial charge in [-0.05, 0) is 18.6 Å². The lowest BCUT2D eigenvalue weighted by atomic mass is 10.2. The molecule has 0 amide bonds. The van der Waals surface area contributed by atoms with Crippen molar-refractivity contribution in [2.75, 3.05) is 0 Å². The molecule has 0 aromatic heterocycles. The van der Waals surface area contributed by atoms with Crippen molar-refractivity contribution >= 4 is 12.0 Å². The first-order chi connectivity index (χ1) is 6.18. The number of hydrogen-bond donors (Lipinski definition) is 0. The van der Waals surface area contributed by atoms with Crippen LogP contribution < -0.4 is 0 Å². The molecule has 13 heavy (non-hydrogen) atoms. The Balaban J connectivity index is 2.71. The Morgan fingerprint density at radius 3 is 2.38 bits per heavy atom. The number of carbonyl (C=O) groups excluding carboxylic acids is 1. The van der Waals surface area contributed by atoms with E-state index in [-0.39, 0.29) is 5.97 Å². The first-order valence-electron chi connectivity index (χ1n) is 4.10. The van der Waals surface area contributed by atoms with Gasteiger partial charge in [0, 0.05) is 6.92 Å². The predicted octanol–water partition coefficient (Wildman–Crippen LogP) is 2.61. The lowest BCUT2D eigenvalue weighted by molar-refractivity contribution is -0.136. The van der Waals surface area contributed by atoms with Crippen molar-refractivity contribution in [1.82, 2.24) is 0 Å². The monoisotopic (exact) mass is 176 g/mol. The number of carbonyl (C=O) groups is 1. The van der Waals surface area contributed by atoms with Gasteiger partial charge in [0.1, 0.15) is 5.76 Å². The molecule has 1 aromatic carbocycles. The van der Waals surface area contributed by atoms with Crippen LogP contribution in [0, 0.1) is 0 Å². The number of hydrogen-bond acceptors (Lipinski definition) is 2. The summed E-state index contributed by atoms with van der Waals surface area (Å²) in [4.78, 5) is 10.6. The smallest absolute Gasteiger partial charge is 0.307 e. The van der Waals surface area contributed by atoms with Crippen molar-refractivity contribution < 1.29 is 9.53 Å². The largest absolute Gasteiger partial charge is 0.432 e. The van der Waals surface area contributed by atoms with E-state index in [1.165, 1.54) is 6.92 Å². The molecule has 68 valence electrons. The van der Waals surface area contributed by atoms with Crippen LogP contribution in [0.1, 0.15) is 19.4 Å². The van der Waals surface area contributed by atoms with Crippen LogP contribution in [0.4, 0.5) is 0 Å². The molecule has 0 aliphatic heterocycles. The standard InChI is InChI=1S/C11H12O2/c1-9(13-10(2)12)8-11-6-4-3-5-7-11/h3-8H,1-2H3/b9-8+. The maximum atomic E-state index is 10.6. The van der Waals surface area contributed by atoms with Crippen LogP contribution in [0.5, 0.6) is 0 Å². The summed E-state index contributed by atoms with van der Waals surface area (Å²) in [6.07, 6.45) is 1.82. The van der Waals surface area contributed by atoms with Crippen LogP contribution in [0.3, 0.4) is 0 Å². The molecular formula is C11H12O2. The molecule has 0 saturated heterocycles. The molecule has 1 rings (SSSR count). The summed E-state index contributed by atoms with van der Waals surface area (Å²) in [5.74, 6) is 0.323. The molecule has 0 N–H and O–H groups in total. The maximum absolute atomic E-state index is 10.6. The van der Waals surface area contributed by atoms with Crippen LogP contribution >= 0.6 is 0 Å². The molecule has 0 atom stereocenters. The quantitative estimate of drug-likeness (QED) is 0.511. The highest BCUT2D eigenvalue weighted by atomic mass is 16.5. The molecule has 0 spiro atoms. The summed E-state index contributed by atoms with van der Waals surface area (Å²) in [6, 6.07) is 9.72. The minimum Gasteiger partial charge on any atom is -0.432 e. The van der Waals surface area contributed by atoms with Gasteiger partial charge in [-0.25, -0.2) is 0 Å². The van der Waals surface area contributed by atoms with Crippen molar-refractivity contribution in [3.8, 4) is 0 Å². The summed E-state index contributed by atoms with van der Waals surface area (Å²) in [6.45, 7) is 3.15. The molecule has 2 nitrogen and oxygen atoms in total. The summed E-state index contributed by atoms with van der Waals surface area (Å²) in [5, 5.41) is 0. The average molecular weight is 176 g/mol. The van der Waals surface area contributed by atoms with Gasteiger partial charge >= 0.3 is 5.97 Å². The van der Waals surface area contributed by atoms with E-state index >= 15 is 0 Å². The van der Waals surface area contributed by atoms with Crippen molar-refractivity contribution in [1.29, 1.82) is 0 Å². The molecule has 0 radical (unpaired) electrons. The summed E-state index contributed by atoms with van der Waals surface area (Å²) in [5.41, 5.74) is 1.03. The summed E-state index contributed by atoms with van der Waals surface area (Å²) >= 11 is 0. The average Bonchev–Trinajstić information content (AvgIpc) is 2.04. The molecule has 0 fully saturated rings. The predicted molar refractivity (Wildman–Crippen MR) is 51.9 cm³/mol. The Kier molecular flexibility index (Phi) is 3.26. The fourth-order valence-electron chi connectivity index (χ4n) is 1.04. The van der Waals surface area contributed by atoms with Gasteiger partial charge in [-0.1, -0.05) is 30.3 Å². The van der Waals surface area contributed by atoms with Crippen molar-refractivity contribution in [2.45, 2.75) is 13.8 Å². The van der Waals surface area contributed by atoms with E-state index in [1.54, 1.807) is 6.92 Å². The second-order valence-corrected chi connectivity index (χ2v) is 2.76. The second-order valence-electron chi connectivity index (χ2n) is 2.76. The first kappa shape index (κ1) is 9.52. The van der Waals surface area contributed by atoms with Crippen molar-refractivity contribution in [3.63, 3.8) is 0 Å². The third-order valence-corrected chi connectivity index (χ3v) is 1.47. The fourth-order valence-corrected chi connectivity index (χ4v) is 1.04. The maximum Gasteiger partial charge on any atom is 0.307 e. The van der Waals surface area contributed by atoms with Crippen LogP contribution in [0.15, 0.2) is 36.1 Å². The molecule has 0 aliphatic rings. The number of benzene rings is 1. The molecular weight excluding hydrogens is 164 g/mol.